The molecule has 2 aromatic heterocycles. The molecule has 0 aliphatic carbocycles. The summed E-state index contributed by atoms with van der Waals surface area (Å²) in [7, 11) is 0. The molecule has 2 rings (SSSR count). The molecule has 0 bridgehead atoms. The molecule has 0 N–H and O–H groups in total. The third-order valence-corrected chi connectivity index (χ3v) is 2.48. The zero-order chi connectivity index (χ0) is 10.7. The first-order valence-corrected chi connectivity index (χ1v) is 5.07. The van der Waals surface area contributed by atoms with Gasteiger partial charge in [0.15, 0.2) is 11.5 Å². The second kappa shape index (κ2) is 4.40. The van der Waals surface area contributed by atoms with Crippen molar-refractivity contribution in [1.29, 1.82) is 0 Å². The predicted molar refractivity (Wildman–Crippen MR) is 58.1 cm³/mol. The van der Waals surface area contributed by atoms with Gasteiger partial charge in [-0.2, -0.15) is 12.6 Å². The van der Waals surface area contributed by atoms with E-state index in [1.807, 2.05) is 0 Å². The molecular weight excluding hydrogens is 212 g/mol. The number of hydrogen-bond acceptors (Lipinski definition) is 4. The second-order valence-corrected chi connectivity index (χ2v) is 3.76. The number of Topliss-reactive ketones (excluding diaryl/α,β-unsaturated/α-hetero) is 1. The Balaban J connectivity index is 2.01. The summed E-state index contributed by atoms with van der Waals surface area (Å²) in [5.41, 5.74) is 0. The van der Waals surface area contributed by atoms with Crippen molar-refractivity contribution in [2.24, 2.45) is 0 Å². The Kier molecular flexibility index (Phi) is 2.97. The first-order valence-electron chi connectivity index (χ1n) is 4.55. The van der Waals surface area contributed by atoms with Gasteiger partial charge < -0.3 is 8.83 Å². The summed E-state index contributed by atoms with van der Waals surface area (Å²) >= 11 is 4.30. The molecule has 2 aromatic rings. The average Bonchev–Trinajstić information content (AvgIpc) is 2.91. The van der Waals surface area contributed by atoms with Crippen LogP contribution in [0.3, 0.4) is 0 Å². The summed E-state index contributed by atoms with van der Waals surface area (Å²) in [5, 5.41) is -0.224. The highest BCUT2D eigenvalue weighted by Crippen LogP contribution is 2.25. The van der Waals surface area contributed by atoms with E-state index in [-0.39, 0.29) is 17.5 Å². The molecular formula is C11H10O3S. The standard InChI is InChI=1S/C11H10O3S/c12-8(9-3-1-5-13-9)7-11(15)10-4-2-6-14-10/h1-6,11,15H,7H2. The molecule has 2 heterocycles. The predicted octanol–water partition coefficient (Wildman–Crippen LogP) is 3.12. The Bertz CT molecular complexity index is 417. The molecule has 0 aliphatic rings. The summed E-state index contributed by atoms with van der Waals surface area (Å²) in [6.45, 7) is 0. The zero-order valence-corrected chi connectivity index (χ0v) is 8.81. The third-order valence-electron chi connectivity index (χ3n) is 2.05. The molecule has 0 saturated carbocycles. The Labute approximate surface area is 92.5 Å². The lowest BCUT2D eigenvalue weighted by Crippen LogP contribution is -2.01. The van der Waals surface area contributed by atoms with E-state index in [0.717, 1.165) is 0 Å². The first kappa shape index (κ1) is 10.1. The maximum absolute atomic E-state index is 11.6. The zero-order valence-electron chi connectivity index (χ0n) is 7.92. The molecule has 0 radical (unpaired) electrons. The van der Waals surface area contributed by atoms with Gasteiger partial charge in [0.2, 0.25) is 0 Å². The van der Waals surface area contributed by atoms with Crippen molar-refractivity contribution in [1.82, 2.24) is 0 Å². The minimum Gasteiger partial charge on any atom is -0.468 e. The van der Waals surface area contributed by atoms with E-state index in [1.54, 1.807) is 30.5 Å². The maximum atomic E-state index is 11.6. The monoisotopic (exact) mass is 222 g/mol. The van der Waals surface area contributed by atoms with E-state index in [1.165, 1.54) is 6.26 Å². The number of ketones is 1. The van der Waals surface area contributed by atoms with Crippen LogP contribution >= 0.6 is 12.6 Å². The highest BCUT2D eigenvalue weighted by Gasteiger charge is 2.17. The van der Waals surface area contributed by atoms with Crippen molar-refractivity contribution in [2.45, 2.75) is 11.7 Å². The van der Waals surface area contributed by atoms with E-state index < -0.39 is 0 Å². The van der Waals surface area contributed by atoms with Crippen LogP contribution in [0.15, 0.2) is 45.6 Å². The third kappa shape index (κ3) is 2.33. The van der Waals surface area contributed by atoms with Gasteiger partial charge >= 0.3 is 0 Å². The van der Waals surface area contributed by atoms with Crippen LogP contribution in [0.2, 0.25) is 0 Å². The number of hydrogen-bond donors (Lipinski definition) is 1. The van der Waals surface area contributed by atoms with Gasteiger partial charge in [0.05, 0.1) is 17.8 Å². The lowest BCUT2D eigenvalue weighted by Gasteiger charge is -2.04. The molecule has 0 saturated heterocycles. The highest BCUT2D eigenvalue weighted by atomic mass is 32.1. The number of furan rings is 2. The van der Waals surface area contributed by atoms with Crippen molar-refractivity contribution in [3.8, 4) is 0 Å². The van der Waals surface area contributed by atoms with Gasteiger partial charge in [-0.15, -0.1) is 0 Å². The summed E-state index contributed by atoms with van der Waals surface area (Å²) in [4.78, 5) is 11.6. The Hall–Kier alpha value is -1.42. The molecule has 0 aliphatic heterocycles. The van der Waals surface area contributed by atoms with E-state index >= 15 is 0 Å². The smallest absolute Gasteiger partial charge is 0.199 e. The van der Waals surface area contributed by atoms with Gasteiger partial charge in [0.25, 0.3) is 0 Å². The van der Waals surface area contributed by atoms with Gasteiger partial charge in [-0.05, 0) is 24.3 Å². The van der Waals surface area contributed by atoms with Crippen LogP contribution in [0.4, 0.5) is 0 Å². The van der Waals surface area contributed by atoms with Crippen molar-refractivity contribution < 1.29 is 13.6 Å². The fourth-order valence-electron chi connectivity index (χ4n) is 1.29. The van der Waals surface area contributed by atoms with Crippen LogP contribution in [-0.4, -0.2) is 5.78 Å². The molecule has 3 nitrogen and oxygen atoms in total. The van der Waals surface area contributed by atoms with Crippen LogP contribution in [0.1, 0.15) is 28.0 Å². The fourth-order valence-corrected chi connectivity index (χ4v) is 1.61. The summed E-state index contributed by atoms with van der Waals surface area (Å²) < 4.78 is 10.2. The Morgan fingerprint density at radius 2 is 2.00 bits per heavy atom. The molecule has 0 amide bonds. The van der Waals surface area contributed by atoms with Crippen LogP contribution in [-0.2, 0) is 0 Å². The largest absolute Gasteiger partial charge is 0.468 e. The van der Waals surface area contributed by atoms with Crippen LogP contribution in [0, 0.1) is 0 Å². The topological polar surface area (TPSA) is 43.4 Å². The lowest BCUT2D eigenvalue weighted by molar-refractivity contribution is 0.0953. The van der Waals surface area contributed by atoms with E-state index in [4.69, 9.17) is 8.83 Å². The van der Waals surface area contributed by atoms with Crippen molar-refractivity contribution in [3.05, 3.63) is 48.3 Å². The molecule has 1 atom stereocenters. The van der Waals surface area contributed by atoms with E-state index in [0.29, 0.717) is 11.5 Å². The quantitative estimate of drug-likeness (QED) is 0.638. The van der Waals surface area contributed by atoms with Crippen LogP contribution in [0.5, 0.6) is 0 Å². The van der Waals surface area contributed by atoms with Crippen molar-refractivity contribution in [2.75, 3.05) is 0 Å². The minimum atomic E-state index is -0.224. The average molecular weight is 222 g/mol. The van der Waals surface area contributed by atoms with E-state index in [2.05, 4.69) is 12.6 Å². The van der Waals surface area contributed by atoms with Crippen LogP contribution in [0.25, 0.3) is 0 Å². The summed E-state index contributed by atoms with van der Waals surface area (Å²) in [5.74, 6) is 0.982. The lowest BCUT2D eigenvalue weighted by atomic mass is 10.1. The molecule has 0 aromatic carbocycles. The number of thiol groups is 1. The molecule has 78 valence electrons. The van der Waals surface area contributed by atoms with Gasteiger partial charge in [0, 0.05) is 6.42 Å². The number of carbonyl (C=O) groups excluding carboxylic acids is 1. The molecule has 4 heteroatoms. The molecule has 15 heavy (non-hydrogen) atoms. The molecule has 1 unspecified atom stereocenters. The van der Waals surface area contributed by atoms with Gasteiger partial charge in [-0.1, -0.05) is 0 Å². The normalized spacial score (nSPS) is 12.6. The SMILES string of the molecule is O=C(CC(S)c1ccco1)c1ccco1. The maximum Gasteiger partial charge on any atom is 0.199 e. The number of carbonyl (C=O) groups is 1. The first-order chi connectivity index (χ1) is 7.27. The fraction of sp³-hybridized carbons (Fsp3) is 0.182. The van der Waals surface area contributed by atoms with Gasteiger partial charge in [-0.25, -0.2) is 0 Å². The molecule has 0 spiro atoms. The molecule has 0 fully saturated rings. The minimum absolute atomic E-state index is 0.0728. The van der Waals surface area contributed by atoms with Crippen LogP contribution < -0.4 is 0 Å². The highest BCUT2D eigenvalue weighted by molar-refractivity contribution is 7.80. The summed E-state index contributed by atoms with van der Waals surface area (Å²) in [6.07, 6.45) is 3.31. The van der Waals surface area contributed by atoms with Crippen molar-refractivity contribution >= 4 is 18.4 Å². The second-order valence-electron chi connectivity index (χ2n) is 3.14. The van der Waals surface area contributed by atoms with Crippen molar-refractivity contribution in [3.63, 3.8) is 0 Å². The van der Waals surface area contributed by atoms with Gasteiger partial charge in [0.1, 0.15) is 5.76 Å². The number of rotatable bonds is 4. The Morgan fingerprint density at radius 1 is 1.27 bits per heavy atom. The van der Waals surface area contributed by atoms with Gasteiger partial charge in [-0.3, -0.25) is 4.79 Å². The Morgan fingerprint density at radius 3 is 2.60 bits per heavy atom. The summed E-state index contributed by atoms with van der Waals surface area (Å²) in [6, 6.07) is 6.90. The van der Waals surface area contributed by atoms with E-state index in [9.17, 15) is 4.79 Å².